The van der Waals surface area contributed by atoms with Crippen LogP contribution in [0.25, 0.3) is 0 Å². The second-order valence-electron chi connectivity index (χ2n) is 8.30. The lowest BCUT2D eigenvalue weighted by Crippen LogP contribution is -2.54. The summed E-state index contributed by atoms with van der Waals surface area (Å²) < 4.78 is 0. The smallest absolute Gasteiger partial charge is 0.223 e. The van der Waals surface area contributed by atoms with Gasteiger partial charge in [0.05, 0.1) is 0 Å². The number of ketones is 3. The molecule has 3 aliphatic carbocycles. The van der Waals surface area contributed by atoms with Crippen LogP contribution in [0.4, 0.5) is 0 Å². The second-order valence-corrected chi connectivity index (χ2v) is 8.30. The highest BCUT2D eigenvalue weighted by atomic mass is 16.3. The van der Waals surface area contributed by atoms with E-state index in [0.717, 1.165) is 0 Å². The number of carbonyl (C=O) groups excluding carboxylic acids is 3. The van der Waals surface area contributed by atoms with Gasteiger partial charge in [0.25, 0.3) is 0 Å². The molecule has 1 saturated carbocycles. The molecule has 24 heavy (non-hydrogen) atoms. The maximum atomic E-state index is 12.9. The van der Waals surface area contributed by atoms with E-state index in [1.54, 1.807) is 19.9 Å². The Morgan fingerprint density at radius 2 is 1.75 bits per heavy atom. The van der Waals surface area contributed by atoms with Crippen molar-refractivity contribution in [2.24, 2.45) is 22.7 Å². The van der Waals surface area contributed by atoms with E-state index in [9.17, 15) is 19.5 Å². The molecule has 0 saturated heterocycles. The third-order valence-corrected chi connectivity index (χ3v) is 6.04. The number of Topliss-reactive ketones (excluding diaryl/α,β-unsaturated/α-hetero) is 2. The first-order valence-corrected chi connectivity index (χ1v) is 8.51. The lowest BCUT2D eigenvalue weighted by molar-refractivity contribution is -0.146. The van der Waals surface area contributed by atoms with Crippen molar-refractivity contribution in [2.45, 2.75) is 47.5 Å². The summed E-state index contributed by atoms with van der Waals surface area (Å²) in [6, 6.07) is 0. The lowest BCUT2D eigenvalue weighted by Gasteiger charge is -2.52. The Labute approximate surface area is 142 Å². The van der Waals surface area contributed by atoms with Gasteiger partial charge in [0.15, 0.2) is 11.5 Å². The van der Waals surface area contributed by atoms with Gasteiger partial charge in [0.1, 0.15) is 5.78 Å². The average Bonchev–Trinajstić information content (AvgIpc) is 2.46. The maximum Gasteiger partial charge on any atom is 0.223 e. The summed E-state index contributed by atoms with van der Waals surface area (Å²) in [7, 11) is 0. The molecule has 0 bridgehead atoms. The van der Waals surface area contributed by atoms with Crippen LogP contribution in [0.5, 0.6) is 0 Å². The molecule has 1 N–H and O–H groups in total. The Bertz CT molecular complexity index is 761. The van der Waals surface area contributed by atoms with Gasteiger partial charge >= 0.3 is 0 Å². The summed E-state index contributed by atoms with van der Waals surface area (Å²) in [5, 5.41) is 10.7. The molecule has 0 aromatic rings. The largest absolute Gasteiger partial charge is 0.504 e. The first-order chi connectivity index (χ1) is 11.0. The van der Waals surface area contributed by atoms with E-state index in [1.807, 2.05) is 20.8 Å². The quantitative estimate of drug-likeness (QED) is 0.800. The zero-order valence-corrected chi connectivity index (χ0v) is 14.9. The van der Waals surface area contributed by atoms with E-state index in [2.05, 4.69) is 0 Å². The molecule has 128 valence electrons. The Kier molecular flexibility index (Phi) is 3.52. The van der Waals surface area contributed by atoms with Gasteiger partial charge in [-0.1, -0.05) is 34.6 Å². The number of hydrogen-bond donors (Lipinski definition) is 1. The van der Waals surface area contributed by atoms with Crippen molar-refractivity contribution in [3.05, 3.63) is 34.6 Å². The van der Waals surface area contributed by atoms with E-state index >= 15 is 0 Å². The average molecular weight is 328 g/mol. The van der Waals surface area contributed by atoms with Crippen molar-refractivity contribution in [2.75, 3.05) is 0 Å². The molecule has 4 heteroatoms. The molecule has 3 rings (SSSR count). The molecule has 0 unspecified atom stereocenters. The molecule has 3 aliphatic rings. The van der Waals surface area contributed by atoms with Crippen LogP contribution in [0.1, 0.15) is 47.5 Å². The minimum atomic E-state index is -0.801. The first kappa shape index (κ1) is 16.9. The van der Waals surface area contributed by atoms with Crippen LogP contribution < -0.4 is 0 Å². The van der Waals surface area contributed by atoms with Gasteiger partial charge < -0.3 is 5.11 Å². The van der Waals surface area contributed by atoms with Crippen molar-refractivity contribution >= 4 is 17.3 Å². The fraction of sp³-hybridized carbons (Fsp3) is 0.550. The number of hydrogen-bond acceptors (Lipinski definition) is 4. The van der Waals surface area contributed by atoms with Crippen LogP contribution in [0.2, 0.25) is 0 Å². The van der Waals surface area contributed by atoms with Crippen molar-refractivity contribution in [1.82, 2.24) is 0 Å². The van der Waals surface area contributed by atoms with Crippen molar-refractivity contribution in [3.8, 4) is 0 Å². The number of aliphatic hydroxyl groups excluding tert-OH is 1. The summed E-state index contributed by atoms with van der Waals surface area (Å²) in [4.78, 5) is 37.8. The van der Waals surface area contributed by atoms with Gasteiger partial charge in [-0.2, -0.15) is 0 Å². The third kappa shape index (κ3) is 2.01. The molecule has 4 nitrogen and oxygen atoms in total. The molecule has 0 aromatic heterocycles. The predicted molar refractivity (Wildman–Crippen MR) is 90.3 cm³/mol. The van der Waals surface area contributed by atoms with Crippen molar-refractivity contribution in [1.29, 1.82) is 0 Å². The standard InChI is InChI=1S/C20H24O4/c1-10(2)12-8-11-9-13(21)18-19(3,4)14(22)6-7-20(18,5)15(11)17(24)16(12)23/h8-10,18,24H,6-7H2,1-5H3/t18-,20+/m0/s1. The van der Waals surface area contributed by atoms with Crippen LogP contribution >= 0.6 is 0 Å². The van der Waals surface area contributed by atoms with Gasteiger partial charge in [-0.15, -0.1) is 0 Å². The fourth-order valence-electron chi connectivity index (χ4n) is 4.81. The molecule has 0 amide bonds. The molecule has 0 aliphatic heterocycles. The molecule has 0 radical (unpaired) electrons. The normalized spacial score (nSPS) is 32.4. The lowest BCUT2D eigenvalue weighted by atomic mass is 9.49. The zero-order chi connectivity index (χ0) is 18.0. The van der Waals surface area contributed by atoms with Gasteiger partial charge in [-0.25, -0.2) is 0 Å². The first-order valence-electron chi connectivity index (χ1n) is 8.51. The summed E-state index contributed by atoms with van der Waals surface area (Å²) in [6.45, 7) is 9.28. The molecule has 0 spiro atoms. The van der Waals surface area contributed by atoms with Gasteiger partial charge in [0, 0.05) is 34.3 Å². The number of carbonyl (C=O) groups is 3. The minimum Gasteiger partial charge on any atom is -0.504 e. The topological polar surface area (TPSA) is 71.4 Å². The predicted octanol–water partition coefficient (Wildman–Crippen LogP) is 3.48. The molecule has 1 fully saturated rings. The highest BCUT2D eigenvalue weighted by Crippen LogP contribution is 2.58. The van der Waals surface area contributed by atoms with Crippen LogP contribution in [0, 0.1) is 22.7 Å². The van der Waals surface area contributed by atoms with Gasteiger partial charge in [-0.3, -0.25) is 14.4 Å². The molecule has 0 aromatic carbocycles. The zero-order valence-electron chi connectivity index (χ0n) is 14.9. The highest BCUT2D eigenvalue weighted by molar-refractivity contribution is 6.12. The van der Waals surface area contributed by atoms with E-state index in [1.165, 1.54) is 6.08 Å². The summed E-state index contributed by atoms with van der Waals surface area (Å²) >= 11 is 0. The number of rotatable bonds is 1. The highest BCUT2D eigenvalue weighted by Gasteiger charge is 2.59. The maximum absolute atomic E-state index is 12.9. The van der Waals surface area contributed by atoms with Crippen LogP contribution in [0.15, 0.2) is 34.6 Å². The fourth-order valence-corrected chi connectivity index (χ4v) is 4.81. The molecular formula is C20H24O4. The molecule has 2 atom stereocenters. The monoisotopic (exact) mass is 328 g/mol. The molecular weight excluding hydrogens is 304 g/mol. The van der Waals surface area contributed by atoms with Crippen LogP contribution in [-0.2, 0) is 14.4 Å². The summed E-state index contributed by atoms with van der Waals surface area (Å²) in [6.07, 6.45) is 4.07. The Balaban J connectivity index is 2.26. The van der Waals surface area contributed by atoms with Crippen LogP contribution in [-0.4, -0.2) is 22.5 Å². The number of aliphatic hydroxyl groups is 1. The van der Waals surface area contributed by atoms with E-state index < -0.39 is 16.7 Å². The molecule has 0 heterocycles. The Morgan fingerprint density at radius 1 is 1.12 bits per heavy atom. The van der Waals surface area contributed by atoms with E-state index in [4.69, 9.17) is 0 Å². The van der Waals surface area contributed by atoms with Gasteiger partial charge in [-0.05, 0) is 30.1 Å². The summed E-state index contributed by atoms with van der Waals surface area (Å²) in [5.74, 6) is -1.22. The second kappa shape index (κ2) is 5.01. The van der Waals surface area contributed by atoms with E-state index in [0.29, 0.717) is 29.6 Å². The Hall–Kier alpha value is -1.97. The van der Waals surface area contributed by atoms with Crippen molar-refractivity contribution < 1.29 is 19.5 Å². The summed E-state index contributed by atoms with van der Waals surface area (Å²) in [5.41, 5.74) is 0.192. The number of fused-ring (bicyclic) bond motifs is 3. The third-order valence-electron chi connectivity index (χ3n) is 6.04. The van der Waals surface area contributed by atoms with Crippen molar-refractivity contribution in [3.63, 3.8) is 0 Å². The van der Waals surface area contributed by atoms with Gasteiger partial charge in [0.2, 0.25) is 5.78 Å². The van der Waals surface area contributed by atoms with Crippen LogP contribution in [0.3, 0.4) is 0 Å². The SMILES string of the molecule is CC(C)C1=CC2=CC(=O)[C@H]3C(C)(C)C(=O)CC[C@]3(C)C2=C(O)C1=O. The number of allylic oxidation sites excluding steroid dienone is 5. The minimum absolute atomic E-state index is 0.0351. The Morgan fingerprint density at radius 3 is 2.33 bits per heavy atom. The van der Waals surface area contributed by atoms with E-state index in [-0.39, 0.29) is 29.0 Å².